The first-order chi connectivity index (χ1) is 8.44. The molecule has 18 heavy (non-hydrogen) atoms. The molecule has 1 aliphatic carbocycles. The van der Waals surface area contributed by atoms with Crippen molar-refractivity contribution in [1.82, 2.24) is 5.32 Å². The molecule has 2 rings (SSSR count). The summed E-state index contributed by atoms with van der Waals surface area (Å²) in [7, 11) is 1.38. The molecule has 4 nitrogen and oxygen atoms in total. The molecule has 100 valence electrons. The maximum absolute atomic E-state index is 11.5. The van der Waals surface area contributed by atoms with Crippen LogP contribution in [0.25, 0.3) is 0 Å². The molecule has 0 amide bonds. The molecule has 1 saturated carbocycles. The molecule has 1 aliphatic rings. The number of esters is 1. The summed E-state index contributed by atoms with van der Waals surface area (Å²) in [4.78, 5) is 11.5. The second-order valence-corrected chi connectivity index (χ2v) is 5.52. The molecule has 0 saturated heterocycles. The van der Waals surface area contributed by atoms with Gasteiger partial charge in [-0.25, -0.2) is 4.79 Å². The lowest BCUT2D eigenvalue weighted by atomic mass is 9.99. The smallest absolute Gasteiger partial charge is 0.341 e. The van der Waals surface area contributed by atoms with Crippen LogP contribution >= 0.6 is 0 Å². The molecule has 0 aliphatic heterocycles. The fourth-order valence-electron chi connectivity index (χ4n) is 2.21. The summed E-state index contributed by atoms with van der Waals surface area (Å²) in [6.45, 7) is 6.84. The monoisotopic (exact) mass is 251 g/mol. The molecular formula is C14H21NO3. The Kier molecular flexibility index (Phi) is 3.48. The van der Waals surface area contributed by atoms with Gasteiger partial charge < -0.3 is 14.5 Å². The van der Waals surface area contributed by atoms with Crippen molar-refractivity contribution in [2.75, 3.05) is 7.11 Å². The van der Waals surface area contributed by atoms with Crippen molar-refractivity contribution in [1.29, 1.82) is 0 Å². The number of aryl methyl sites for hydroxylation is 1. The quantitative estimate of drug-likeness (QED) is 0.817. The molecule has 0 radical (unpaired) electrons. The molecule has 1 aromatic heterocycles. The van der Waals surface area contributed by atoms with E-state index in [9.17, 15) is 4.79 Å². The van der Waals surface area contributed by atoms with Crippen LogP contribution in [0.2, 0.25) is 0 Å². The van der Waals surface area contributed by atoms with E-state index in [0.29, 0.717) is 17.9 Å². The fourth-order valence-corrected chi connectivity index (χ4v) is 2.21. The van der Waals surface area contributed by atoms with E-state index in [1.807, 2.05) is 0 Å². The summed E-state index contributed by atoms with van der Waals surface area (Å²) in [6, 6.07) is 1.76. The van der Waals surface area contributed by atoms with E-state index in [2.05, 4.69) is 19.2 Å². The highest BCUT2D eigenvalue weighted by Gasteiger charge is 2.37. The van der Waals surface area contributed by atoms with Gasteiger partial charge in [0.1, 0.15) is 17.1 Å². The van der Waals surface area contributed by atoms with Crippen molar-refractivity contribution in [3.05, 3.63) is 23.2 Å². The van der Waals surface area contributed by atoms with Crippen molar-refractivity contribution in [2.24, 2.45) is 5.92 Å². The van der Waals surface area contributed by atoms with Crippen molar-refractivity contribution >= 4 is 5.97 Å². The highest BCUT2D eigenvalue weighted by molar-refractivity contribution is 5.90. The van der Waals surface area contributed by atoms with Gasteiger partial charge in [-0.3, -0.25) is 0 Å². The minimum atomic E-state index is -0.344. The van der Waals surface area contributed by atoms with Crippen LogP contribution in [0, 0.1) is 12.8 Å². The Bertz CT molecular complexity index is 444. The minimum Gasteiger partial charge on any atom is -0.465 e. The van der Waals surface area contributed by atoms with Crippen LogP contribution in [-0.4, -0.2) is 18.6 Å². The summed E-state index contributed by atoms with van der Waals surface area (Å²) >= 11 is 0. The van der Waals surface area contributed by atoms with Gasteiger partial charge in [0.15, 0.2) is 0 Å². The average molecular weight is 251 g/mol. The Balaban J connectivity index is 1.99. The van der Waals surface area contributed by atoms with E-state index < -0.39 is 0 Å². The topological polar surface area (TPSA) is 51.5 Å². The number of carbonyl (C=O) groups excluding carboxylic acids is 1. The van der Waals surface area contributed by atoms with Crippen LogP contribution in [0.15, 0.2) is 10.5 Å². The van der Waals surface area contributed by atoms with Crippen LogP contribution in [-0.2, 0) is 11.3 Å². The number of ether oxygens (including phenoxy) is 1. The number of methoxy groups -OCH3 is 1. The van der Waals surface area contributed by atoms with E-state index >= 15 is 0 Å². The molecule has 1 heterocycles. The minimum absolute atomic E-state index is 0.131. The van der Waals surface area contributed by atoms with Crippen molar-refractivity contribution < 1.29 is 13.9 Å². The van der Waals surface area contributed by atoms with Crippen LogP contribution in [0.1, 0.15) is 48.6 Å². The number of furan rings is 1. The molecule has 0 spiro atoms. The summed E-state index contributed by atoms with van der Waals surface area (Å²) in [5, 5.41) is 3.49. The third-order valence-electron chi connectivity index (χ3n) is 3.69. The van der Waals surface area contributed by atoms with Crippen LogP contribution in [0.3, 0.4) is 0 Å². The zero-order chi connectivity index (χ0) is 13.3. The van der Waals surface area contributed by atoms with E-state index in [1.165, 1.54) is 20.0 Å². The molecule has 0 bridgehead atoms. The van der Waals surface area contributed by atoms with Gasteiger partial charge in [0.05, 0.1) is 13.7 Å². The van der Waals surface area contributed by atoms with E-state index in [4.69, 9.17) is 9.15 Å². The molecule has 1 aromatic rings. The number of nitrogens with one attached hydrogen (secondary N) is 1. The maximum Gasteiger partial charge on any atom is 0.341 e. The number of hydrogen-bond donors (Lipinski definition) is 1. The van der Waals surface area contributed by atoms with Crippen LogP contribution in [0.5, 0.6) is 0 Å². The molecule has 0 aromatic carbocycles. The van der Waals surface area contributed by atoms with Gasteiger partial charge in [0.2, 0.25) is 0 Å². The average Bonchev–Trinajstić information content (AvgIpc) is 3.11. The van der Waals surface area contributed by atoms with Gasteiger partial charge in [-0.05, 0) is 45.6 Å². The maximum atomic E-state index is 11.5. The molecular weight excluding hydrogens is 230 g/mol. The number of carbonyl (C=O) groups is 1. The van der Waals surface area contributed by atoms with Crippen molar-refractivity contribution in [2.45, 2.75) is 45.7 Å². The molecule has 1 fully saturated rings. The Morgan fingerprint density at radius 2 is 2.22 bits per heavy atom. The van der Waals surface area contributed by atoms with Crippen molar-refractivity contribution in [3.63, 3.8) is 0 Å². The summed E-state index contributed by atoms with van der Waals surface area (Å²) in [5.41, 5.74) is 0.644. The Hall–Kier alpha value is -1.29. The molecule has 0 unspecified atom stereocenters. The lowest BCUT2D eigenvalue weighted by Crippen LogP contribution is -2.40. The first-order valence-electron chi connectivity index (χ1n) is 6.36. The number of hydrogen-bond acceptors (Lipinski definition) is 4. The standard InChI is InChI=1S/C14H21NO3/c1-9-12(13(16)17-4)7-11(18-9)8-15-14(2,3)10-5-6-10/h7,10,15H,5-6,8H2,1-4H3. The summed E-state index contributed by atoms with van der Waals surface area (Å²) in [6.07, 6.45) is 2.59. The normalized spacial score (nSPS) is 15.8. The SMILES string of the molecule is COC(=O)c1cc(CNC(C)(C)C2CC2)oc1C. The molecule has 4 heteroatoms. The molecule has 1 N–H and O–H groups in total. The van der Waals surface area contributed by atoms with Gasteiger partial charge >= 0.3 is 5.97 Å². The van der Waals surface area contributed by atoms with E-state index in [0.717, 1.165) is 11.7 Å². The van der Waals surface area contributed by atoms with E-state index in [-0.39, 0.29) is 11.5 Å². The van der Waals surface area contributed by atoms with Gasteiger partial charge in [0, 0.05) is 5.54 Å². The van der Waals surface area contributed by atoms with Gasteiger partial charge in [-0.1, -0.05) is 0 Å². The number of rotatable bonds is 5. The highest BCUT2D eigenvalue weighted by Crippen LogP contribution is 2.39. The highest BCUT2D eigenvalue weighted by atomic mass is 16.5. The Labute approximate surface area is 108 Å². The lowest BCUT2D eigenvalue weighted by molar-refractivity contribution is 0.0599. The van der Waals surface area contributed by atoms with E-state index in [1.54, 1.807) is 13.0 Å². The fraction of sp³-hybridized carbons (Fsp3) is 0.643. The Morgan fingerprint density at radius 3 is 2.78 bits per heavy atom. The second kappa shape index (κ2) is 4.76. The largest absolute Gasteiger partial charge is 0.465 e. The first-order valence-corrected chi connectivity index (χ1v) is 6.36. The summed E-state index contributed by atoms with van der Waals surface area (Å²) < 4.78 is 10.3. The third-order valence-corrected chi connectivity index (χ3v) is 3.69. The third kappa shape index (κ3) is 2.75. The van der Waals surface area contributed by atoms with Crippen molar-refractivity contribution in [3.8, 4) is 0 Å². The zero-order valence-corrected chi connectivity index (χ0v) is 11.5. The second-order valence-electron chi connectivity index (χ2n) is 5.52. The van der Waals surface area contributed by atoms with Gasteiger partial charge in [0.25, 0.3) is 0 Å². The van der Waals surface area contributed by atoms with Gasteiger partial charge in [-0.15, -0.1) is 0 Å². The summed E-state index contributed by atoms with van der Waals surface area (Å²) in [5.74, 6) is 1.81. The van der Waals surface area contributed by atoms with Crippen LogP contribution in [0.4, 0.5) is 0 Å². The predicted octanol–water partition coefficient (Wildman–Crippen LogP) is 2.65. The molecule has 0 atom stereocenters. The lowest BCUT2D eigenvalue weighted by Gasteiger charge is -2.25. The van der Waals surface area contributed by atoms with Gasteiger partial charge in [-0.2, -0.15) is 0 Å². The Morgan fingerprint density at radius 1 is 1.56 bits per heavy atom. The first kappa shape index (κ1) is 13.1. The predicted molar refractivity (Wildman–Crippen MR) is 68.4 cm³/mol. The van der Waals surface area contributed by atoms with Crippen LogP contribution < -0.4 is 5.32 Å². The zero-order valence-electron chi connectivity index (χ0n) is 11.5.